The van der Waals surface area contributed by atoms with Gasteiger partial charge in [-0.15, -0.1) is 5.10 Å². The van der Waals surface area contributed by atoms with Gasteiger partial charge in [0.2, 0.25) is 17.8 Å². The lowest BCUT2D eigenvalue weighted by Gasteiger charge is -2.34. The Morgan fingerprint density at radius 2 is 1.71 bits per heavy atom. The van der Waals surface area contributed by atoms with E-state index in [4.69, 9.17) is 0 Å². The number of hydrogen-bond donors (Lipinski definition) is 2. The quantitative estimate of drug-likeness (QED) is 0.439. The zero-order valence-electron chi connectivity index (χ0n) is 13.4. The second-order valence-electron chi connectivity index (χ2n) is 6.85. The molecular weight excluding hydrogens is 268 g/mol. The molecule has 2 aliphatic carbocycles. The number of fused-ring (bicyclic) bond motifs is 2. The predicted octanol–water partition coefficient (Wildman–Crippen LogP) is 1.82. The number of rotatable bonds is 1. The minimum absolute atomic E-state index is 0.0543. The molecule has 21 heavy (non-hydrogen) atoms. The van der Waals surface area contributed by atoms with E-state index in [0.717, 1.165) is 18.6 Å². The highest BCUT2D eigenvalue weighted by Crippen LogP contribution is 2.63. The number of carbonyl (C=O) groups excluding carboxylic acids is 2. The van der Waals surface area contributed by atoms with Gasteiger partial charge >= 0.3 is 0 Å². The molecule has 0 radical (unpaired) electrons. The first-order valence-corrected chi connectivity index (χ1v) is 7.37. The van der Waals surface area contributed by atoms with Crippen molar-refractivity contribution in [2.75, 3.05) is 0 Å². The molecule has 2 rings (SSSR count). The highest BCUT2D eigenvalue weighted by Gasteiger charge is 2.60. The number of nitrogens with zero attached hydrogens (tertiary/aromatic N) is 2. The van der Waals surface area contributed by atoms with E-state index in [1.165, 1.54) is 20.3 Å². The van der Waals surface area contributed by atoms with E-state index in [0.29, 0.717) is 5.92 Å². The number of amides is 2. The summed E-state index contributed by atoms with van der Waals surface area (Å²) in [5.74, 6) is 0.150. The highest BCUT2D eigenvalue weighted by atomic mass is 16.2. The molecule has 0 aliphatic heterocycles. The minimum Gasteiger partial charge on any atom is -0.295 e. The SMILES string of the molecule is CC(=O)NC(=N/N=C1/CC2CCC1(C)C2(C)C)NC(C)=O. The fourth-order valence-electron chi connectivity index (χ4n) is 3.60. The smallest absolute Gasteiger partial charge is 0.229 e. The standard InChI is InChI=1S/C15H24N4O2/c1-9(20)16-13(17-10(2)21)19-18-12-8-11-6-7-15(12,5)14(11,3)4/h11H,6-8H2,1-5H3,(H2,16,17,19,20,21)/b18-12-. The van der Waals surface area contributed by atoms with Crippen LogP contribution in [0.2, 0.25) is 0 Å². The monoisotopic (exact) mass is 292 g/mol. The van der Waals surface area contributed by atoms with Crippen molar-refractivity contribution in [1.82, 2.24) is 10.6 Å². The van der Waals surface area contributed by atoms with Crippen LogP contribution < -0.4 is 10.6 Å². The Morgan fingerprint density at radius 3 is 2.10 bits per heavy atom. The summed E-state index contributed by atoms with van der Waals surface area (Å²) in [6.45, 7) is 9.56. The molecule has 0 spiro atoms. The van der Waals surface area contributed by atoms with Gasteiger partial charge in [0.05, 0.1) is 0 Å². The summed E-state index contributed by atoms with van der Waals surface area (Å²) in [5.41, 5.74) is 1.35. The molecule has 2 saturated carbocycles. The van der Waals surface area contributed by atoms with Crippen LogP contribution in [0.15, 0.2) is 10.2 Å². The molecule has 2 atom stereocenters. The molecular formula is C15H24N4O2. The molecule has 2 N–H and O–H groups in total. The predicted molar refractivity (Wildman–Crippen MR) is 81.7 cm³/mol. The third-order valence-electron chi connectivity index (χ3n) is 5.37. The van der Waals surface area contributed by atoms with E-state index in [2.05, 4.69) is 41.6 Å². The molecule has 2 bridgehead atoms. The molecule has 6 heteroatoms. The van der Waals surface area contributed by atoms with E-state index >= 15 is 0 Å². The van der Waals surface area contributed by atoms with Gasteiger partial charge in [-0.05, 0) is 30.6 Å². The Kier molecular flexibility index (Phi) is 3.91. The fraction of sp³-hybridized carbons (Fsp3) is 0.733. The third-order valence-corrected chi connectivity index (χ3v) is 5.37. The van der Waals surface area contributed by atoms with Crippen LogP contribution in [0.25, 0.3) is 0 Å². The van der Waals surface area contributed by atoms with Crippen LogP contribution >= 0.6 is 0 Å². The van der Waals surface area contributed by atoms with E-state index < -0.39 is 0 Å². The van der Waals surface area contributed by atoms with Crippen molar-refractivity contribution in [3.63, 3.8) is 0 Å². The van der Waals surface area contributed by atoms with Gasteiger partial charge in [-0.1, -0.05) is 20.8 Å². The summed E-state index contributed by atoms with van der Waals surface area (Å²) in [7, 11) is 0. The highest BCUT2D eigenvalue weighted by molar-refractivity contribution is 6.04. The summed E-state index contributed by atoms with van der Waals surface area (Å²) in [4.78, 5) is 22.3. The van der Waals surface area contributed by atoms with Crippen LogP contribution in [0.5, 0.6) is 0 Å². The van der Waals surface area contributed by atoms with Gasteiger partial charge in [-0.3, -0.25) is 20.2 Å². The van der Waals surface area contributed by atoms with Crippen LogP contribution in [0.1, 0.15) is 53.9 Å². The molecule has 2 unspecified atom stereocenters. The average molecular weight is 292 g/mol. The van der Waals surface area contributed by atoms with Crippen molar-refractivity contribution in [2.45, 2.75) is 53.9 Å². The molecule has 0 aromatic carbocycles. The number of hydrogen-bond acceptors (Lipinski definition) is 4. The van der Waals surface area contributed by atoms with Crippen molar-refractivity contribution in [2.24, 2.45) is 27.0 Å². The Labute approximate surface area is 125 Å². The van der Waals surface area contributed by atoms with E-state index in [1.807, 2.05) is 0 Å². The van der Waals surface area contributed by atoms with Gasteiger partial charge in [-0.25, -0.2) is 0 Å². The van der Waals surface area contributed by atoms with Crippen LogP contribution in [0.3, 0.4) is 0 Å². The first-order chi connectivity index (χ1) is 9.66. The maximum atomic E-state index is 11.1. The molecule has 6 nitrogen and oxygen atoms in total. The van der Waals surface area contributed by atoms with Crippen molar-refractivity contribution in [3.05, 3.63) is 0 Å². The van der Waals surface area contributed by atoms with Gasteiger partial charge in [0.15, 0.2) is 0 Å². The molecule has 0 aromatic rings. The Balaban J connectivity index is 2.24. The maximum Gasteiger partial charge on any atom is 0.229 e. The van der Waals surface area contributed by atoms with Crippen LogP contribution in [-0.4, -0.2) is 23.5 Å². The molecule has 2 fully saturated rings. The topological polar surface area (TPSA) is 82.9 Å². The third kappa shape index (κ3) is 2.71. The van der Waals surface area contributed by atoms with E-state index in [-0.39, 0.29) is 28.6 Å². The summed E-state index contributed by atoms with van der Waals surface area (Å²) < 4.78 is 0. The normalized spacial score (nSPS) is 31.1. The van der Waals surface area contributed by atoms with Crippen LogP contribution in [0.4, 0.5) is 0 Å². The zero-order valence-corrected chi connectivity index (χ0v) is 13.4. The van der Waals surface area contributed by atoms with Gasteiger partial charge in [0, 0.05) is 25.0 Å². The molecule has 0 aromatic heterocycles. The lowest BCUT2D eigenvalue weighted by molar-refractivity contribution is -0.117. The molecule has 0 saturated heterocycles. The number of nitrogens with one attached hydrogen (secondary N) is 2. The lowest BCUT2D eigenvalue weighted by atomic mass is 9.70. The van der Waals surface area contributed by atoms with Crippen LogP contribution in [0, 0.1) is 16.7 Å². The molecule has 2 amide bonds. The second kappa shape index (κ2) is 5.24. The summed E-state index contributed by atoms with van der Waals surface area (Å²) in [6, 6.07) is 0. The largest absolute Gasteiger partial charge is 0.295 e. The van der Waals surface area contributed by atoms with Crippen molar-refractivity contribution in [1.29, 1.82) is 0 Å². The molecule has 0 heterocycles. The number of carbonyl (C=O) groups is 2. The zero-order chi connectivity index (χ0) is 15.8. The fourth-order valence-corrected chi connectivity index (χ4v) is 3.60. The van der Waals surface area contributed by atoms with E-state index in [9.17, 15) is 9.59 Å². The Morgan fingerprint density at radius 1 is 1.14 bits per heavy atom. The van der Waals surface area contributed by atoms with Crippen molar-refractivity contribution < 1.29 is 9.59 Å². The maximum absolute atomic E-state index is 11.1. The van der Waals surface area contributed by atoms with Gasteiger partial charge in [0.1, 0.15) is 0 Å². The van der Waals surface area contributed by atoms with Crippen LogP contribution in [-0.2, 0) is 9.59 Å². The summed E-state index contributed by atoms with van der Waals surface area (Å²) >= 11 is 0. The van der Waals surface area contributed by atoms with E-state index in [1.54, 1.807) is 0 Å². The number of guanidine groups is 1. The minimum atomic E-state index is -0.290. The van der Waals surface area contributed by atoms with Gasteiger partial charge in [0.25, 0.3) is 0 Å². The second-order valence-corrected chi connectivity index (χ2v) is 6.85. The summed E-state index contributed by atoms with van der Waals surface area (Å²) in [5, 5.41) is 13.4. The van der Waals surface area contributed by atoms with Crippen molar-refractivity contribution >= 4 is 23.5 Å². The molecule has 116 valence electrons. The lowest BCUT2D eigenvalue weighted by Crippen LogP contribution is -2.42. The Hall–Kier alpha value is -1.72. The molecule has 2 aliphatic rings. The Bertz CT molecular complexity index is 518. The van der Waals surface area contributed by atoms with Crippen molar-refractivity contribution in [3.8, 4) is 0 Å². The first-order valence-electron chi connectivity index (χ1n) is 7.37. The first kappa shape index (κ1) is 15.7. The van der Waals surface area contributed by atoms with Gasteiger partial charge < -0.3 is 0 Å². The summed E-state index contributed by atoms with van der Waals surface area (Å²) in [6.07, 6.45) is 3.30. The average Bonchev–Trinajstić information content (AvgIpc) is 2.67. The van der Waals surface area contributed by atoms with Gasteiger partial charge in [-0.2, -0.15) is 5.10 Å².